The van der Waals surface area contributed by atoms with Crippen LogP contribution in [0, 0.1) is 0 Å². The summed E-state index contributed by atoms with van der Waals surface area (Å²) in [6.45, 7) is 4.60. The lowest BCUT2D eigenvalue weighted by Gasteiger charge is -2.23. The van der Waals surface area contributed by atoms with Crippen molar-refractivity contribution in [3.05, 3.63) is 125 Å². The molecule has 3 heteroatoms. The monoisotopic (exact) mass is 603 g/mol. The number of hydrogen-bond acceptors (Lipinski definition) is 2. The van der Waals surface area contributed by atoms with Crippen molar-refractivity contribution in [3.8, 4) is 28.0 Å². The molecule has 0 bridgehead atoms. The van der Waals surface area contributed by atoms with Gasteiger partial charge in [0.1, 0.15) is 23.2 Å². The number of unbranched alkanes of at least 4 members (excludes halogenated alkanes) is 1. The standard InChI is InChI=1S/C43H41NO2/c1-3-4-6-11-27(2)44-38-15-10-9-14-32(38)33-22-30(16-19-39(33)44)31-18-21-41-35(24-31)37-25-36-34-23-29(28-12-7-5-8-13-28)17-20-40(34)45-42(36)26-43(37)46-41/h5-8,11-13,16-24,27,36,42H,3-4,9-10,14-15,25-26H2,1-2H3/b11-6-. The van der Waals surface area contributed by atoms with E-state index in [4.69, 9.17) is 9.15 Å². The maximum absolute atomic E-state index is 6.51. The maximum Gasteiger partial charge on any atom is 0.134 e. The van der Waals surface area contributed by atoms with Gasteiger partial charge < -0.3 is 13.7 Å². The molecule has 0 amide bonds. The third kappa shape index (κ3) is 4.47. The lowest BCUT2D eigenvalue weighted by molar-refractivity contribution is 0.187. The number of allylic oxidation sites excluding steroid dienone is 2. The molecule has 0 saturated heterocycles. The topological polar surface area (TPSA) is 27.3 Å². The van der Waals surface area contributed by atoms with Gasteiger partial charge >= 0.3 is 0 Å². The number of nitrogens with zero attached hydrogens (tertiary/aromatic N) is 1. The van der Waals surface area contributed by atoms with Crippen molar-refractivity contribution in [2.24, 2.45) is 0 Å². The van der Waals surface area contributed by atoms with Crippen molar-refractivity contribution < 1.29 is 9.15 Å². The van der Waals surface area contributed by atoms with Crippen LogP contribution in [0.2, 0.25) is 0 Å². The van der Waals surface area contributed by atoms with E-state index in [1.54, 1.807) is 11.3 Å². The summed E-state index contributed by atoms with van der Waals surface area (Å²) in [6.07, 6.45) is 13.9. The third-order valence-corrected chi connectivity index (χ3v) is 10.8. The van der Waals surface area contributed by atoms with E-state index in [1.807, 2.05) is 0 Å². The van der Waals surface area contributed by atoms with Crippen LogP contribution in [0.4, 0.5) is 0 Å². The molecule has 46 heavy (non-hydrogen) atoms. The number of aromatic nitrogens is 1. The van der Waals surface area contributed by atoms with Crippen molar-refractivity contribution in [1.29, 1.82) is 0 Å². The second kappa shape index (κ2) is 11.1. The van der Waals surface area contributed by atoms with E-state index in [1.165, 1.54) is 81.8 Å². The molecule has 2 aromatic heterocycles. The number of aryl methyl sites for hydroxylation is 1. The highest BCUT2D eigenvalue weighted by Gasteiger charge is 2.40. The molecule has 9 rings (SSSR count). The molecule has 230 valence electrons. The summed E-state index contributed by atoms with van der Waals surface area (Å²) in [5.41, 5.74) is 13.2. The number of furan rings is 1. The first-order valence-corrected chi connectivity index (χ1v) is 17.4. The fourth-order valence-corrected chi connectivity index (χ4v) is 8.57. The Labute approximate surface area is 271 Å². The fraction of sp³-hybridized carbons (Fsp3) is 0.302. The summed E-state index contributed by atoms with van der Waals surface area (Å²) < 4.78 is 15.6. The summed E-state index contributed by atoms with van der Waals surface area (Å²) in [5.74, 6) is 2.46. The van der Waals surface area contributed by atoms with Crippen molar-refractivity contribution in [3.63, 3.8) is 0 Å². The number of fused-ring (bicyclic) bond motifs is 9. The molecule has 3 aliphatic rings. The predicted molar refractivity (Wildman–Crippen MR) is 189 cm³/mol. The Kier molecular flexibility index (Phi) is 6.69. The zero-order chi connectivity index (χ0) is 30.8. The van der Waals surface area contributed by atoms with E-state index in [-0.39, 0.29) is 6.10 Å². The molecule has 4 aromatic carbocycles. The van der Waals surface area contributed by atoms with Crippen molar-refractivity contribution in [2.75, 3.05) is 0 Å². The largest absolute Gasteiger partial charge is 0.489 e. The zero-order valence-electron chi connectivity index (χ0n) is 26.9. The summed E-state index contributed by atoms with van der Waals surface area (Å²) in [4.78, 5) is 0. The van der Waals surface area contributed by atoms with E-state index in [9.17, 15) is 0 Å². The molecule has 3 atom stereocenters. The van der Waals surface area contributed by atoms with E-state index in [2.05, 4.69) is 115 Å². The summed E-state index contributed by atoms with van der Waals surface area (Å²) in [7, 11) is 0. The SMILES string of the molecule is CCC/C=C\C(C)n1c2c(c3cc(-c4ccc5oc6c(c5c4)CC4c5cc(-c7ccccc7)ccc5OC4C6)ccc31)CCCC2. The van der Waals surface area contributed by atoms with E-state index < -0.39 is 0 Å². The Morgan fingerprint density at radius 2 is 1.59 bits per heavy atom. The molecule has 2 aliphatic carbocycles. The molecular weight excluding hydrogens is 562 g/mol. The second-order valence-electron chi connectivity index (χ2n) is 13.7. The Bertz CT molecular complexity index is 2130. The van der Waals surface area contributed by atoms with E-state index in [0.717, 1.165) is 36.4 Å². The lowest BCUT2D eigenvalue weighted by Crippen LogP contribution is -2.27. The highest BCUT2D eigenvalue weighted by Crippen LogP contribution is 2.48. The molecule has 3 nitrogen and oxygen atoms in total. The lowest BCUT2D eigenvalue weighted by atomic mass is 9.80. The van der Waals surface area contributed by atoms with Crippen molar-refractivity contribution in [1.82, 2.24) is 4.57 Å². The van der Waals surface area contributed by atoms with Gasteiger partial charge in [-0.2, -0.15) is 0 Å². The first-order valence-electron chi connectivity index (χ1n) is 17.4. The molecule has 1 aliphatic heterocycles. The molecular formula is C43H41NO2. The van der Waals surface area contributed by atoms with Crippen LogP contribution < -0.4 is 4.74 Å². The summed E-state index contributed by atoms with van der Waals surface area (Å²) >= 11 is 0. The smallest absolute Gasteiger partial charge is 0.134 e. The van der Waals surface area contributed by atoms with Crippen LogP contribution in [0.15, 0.2) is 101 Å². The second-order valence-corrected chi connectivity index (χ2v) is 13.7. The molecule has 0 saturated carbocycles. The normalized spacial score (nSPS) is 19.2. The van der Waals surface area contributed by atoms with Crippen LogP contribution in [0.3, 0.4) is 0 Å². The van der Waals surface area contributed by atoms with Crippen LogP contribution in [0.1, 0.15) is 79.6 Å². The molecule has 0 fully saturated rings. The minimum Gasteiger partial charge on any atom is -0.489 e. The predicted octanol–water partition coefficient (Wildman–Crippen LogP) is 11.2. The van der Waals surface area contributed by atoms with E-state index in [0.29, 0.717) is 12.0 Å². The highest BCUT2D eigenvalue weighted by molar-refractivity contribution is 5.93. The van der Waals surface area contributed by atoms with Gasteiger partial charge in [0.2, 0.25) is 0 Å². The van der Waals surface area contributed by atoms with Gasteiger partial charge in [0.25, 0.3) is 0 Å². The summed E-state index contributed by atoms with van der Waals surface area (Å²) in [5, 5.41) is 2.70. The maximum atomic E-state index is 6.51. The molecule has 6 aromatic rings. The van der Waals surface area contributed by atoms with Gasteiger partial charge in [0.15, 0.2) is 0 Å². The van der Waals surface area contributed by atoms with Gasteiger partial charge in [-0.1, -0.05) is 74.0 Å². The first kappa shape index (κ1) is 27.8. The number of rotatable bonds is 6. The molecule has 3 unspecified atom stereocenters. The van der Waals surface area contributed by atoms with Gasteiger partial charge in [-0.05, 0) is 110 Å². The molecule has 0 N–H and O–H groups in total. The molecule has 0 spiro atoms. The summed E-state index contributed by atoms with van der Waals surface area (Å²) in [6, 6.07) is 31.8. The Morgan fingerprint density at radius 1 is 0.804 bits per heavy atom. The number of hydrogen-bond donors (Lipinski definition) is 0. The van der Waals surface area contributed by atoms with Crippen LogP contribution >= 0.6 is 0 Å². The van der Waals surface area contributed by atoms with Crippen LogP contribution in [0.25, 0.3) is 44.1 Å². The minimum absolute atomic E-state index is 0.130. The first-order chi connectivity index (χ1) is 22.7. The van der Waals surface area contributed by atoms with Crippen LogP contribution in [-0.4, -0.2) is 10.7 Å². The van der Waals surface area contributed by atoms with Crippen LogP contribution in [-0.2, 0) is 25.7 Å². The Hall–Kier alpha value is -4.50. The van der Waals surface area contributed by atoms with Gasteiger partial charge in [0, 0.05) is 51.5 Å². The number of ether oxygens (including phenoxy) is 1. The average Bonchev–Trinajstić information content (AvgIpc) is 3.75. The minimum atomic E-state index is 0.130. The van der Waals surface area contributed by atoms with Crippen LogP contribution in [0.5, 0.6) is 5.75 Å². The highest BCUT2D eigenvalue weighted by atomic mass is 16.5. The average molecular weight is 604 g/mol. The van der Waals surface area contributed by atoms with Gasteiger partial charge in [-0.3, -0.25) is 0 Å². The van der Waals surface area contributed by atoms with Crippen molar-refractivity contribution >= 4 is 21.9 Å². The number of benzene rings is 4. The van der Waals surface area contributed by atoms with Gasteiger partial charge in [0.05, 0.1) is 0 Å². The van der Waals surface area contributed by atoms with Gasteiger partial charge in [-0.15, -0.1) is 0 Å². The molecule has 3 heterocycles. The fourth-order valence-electron chi connectivity index (χ4n) is 8.57. The van der Waals surface area contributed by atoms with Gasteiger partial charge in [-0.25, -0.2) is 0 Å². The van der Waals surface area contributed by atoms with Crippen molar-refractivity contribution in [2.45, 2.75) is 83.3 Å². The van der Waals surface area contributed by atoms with E-state index >= 15 is 0 Å². The third-order valence-electron chi connectivity index (χ3n) is 10.8. The Balaban J connectivity index is 1.08. The quantitative estimate of drug-likeness (QED) is 0.177. The zero-order valence-corrected chi connectivity index (χ0v) is 26.9. The molecule has 0 radical (unpaired) electrons. The Morgan fingerprint density at radius 3 is 2.46 bits per heavy atom.